The van der Waals surface area contributed by atoms with Crippen LogP contribution in [0.4, 0.5) is 0 Å². The van der Waals surface area contributed by atoms with Crippen LogP contribution < -0.4 is 9.47 Å². The van der Waals surface area contributed by atoms with Crippen molar-refractivity contribution in [3.05, 3.63) is 47.5 Å². The first kappa shape index (κ1) is 15.7. The number of carbonyl (C=O) groups is 1. The van der Waals surface area contributed by atoms with E-state index in [0.717, 1.165) is 0 Å². The molecule has 2 aromatic carbocycles. The number of ether oxygens (including phenoxy) is 2. The zero-order valence-corrected chi connectivity index (χ0v) is 12.7. The molecule has 0 aromatic heterocycles. The molecule has 5 heteroatoms. The van der Waals surface area contributed by atoms with Crippen LogP contribution in [0.1, 0.15) is 29.8 Å². The van der Waals surface area contributed by atoms with Gasteiger partial charge in [0, 0.05) is 12.1 Å². The average molecular weight is 302 g/mol. The van der Waals surface area contributed by atoms with Crippen LogP contribution in [0.15, 0.2) is 36.4 Å². The molecule has 0 heterocycles. The molecule has 0 unspecified atom stereocenters. The highest BCUT2D eigenvalue weighted by molar-refractivity contribution is 6.12. The van der Waals surface area contributed by atoms with Gasteiger partial charge in [-0.05, 0) is 38.1 Å². The Morgan fingerprint density at radius 2 is 1.45 bits per heavy atom. The Labute approximate surface area is 128 Å². The van der Waals surface area contributed by atoms with Crippen molar-refractivity contribution in [3.63, 3.8) is 0 Å². The van der Waals surface area contributed by atoms with E-state index in [9.17, 15) is 15.0 Å². The maximum atomic E-state index is 12.4. The lowest BCUT2D eigenvalue weighted by Gasteiger charge is -2.12. The summed E-state index contributed by atoms with van der Waals surface area (Å²) in [6, 6.07) is 8.83. The first-order valence-electron chi connectivity index (χ1n) is 6.83. The number of aromatic hydroxyl groups is 2. The normalized spacial score (nSPS) is 10.5. The zero-order valence-electron chi connectivity index (χ0n) is 12.7. The van der Waals surface area contributed by atoms with E-state index in [-0.39, 0.29) is 28.7 Å². The summed E-state index contributed by atoms with van der Waals surface area (Å²) < 4.78 is 10.4. The second-order valence-electron chi connectivity index (χ2n) is 5.06. The van der Waals surface area contributed by atoms with Gasteiger partial charge >= 0.3 is 0 Å². The van der Waals surface area contributed by atoms with E-state index in [0.29, 0.717) is 11.5 Å². The fraction of sp³-hybridized carbons (Fsp3) is 0.235. The van der Waals surface area contributed by atoms with Gasteiger partial charge in [0.25, 0.3) is 0 Å². The number of hydrogen-bond donors (Lipinski definition) is 2. The summed E-state index contributed by atoms with van der Waals surface area (Å²) in [4.78, 5) is 12.4. The number of carbonyl (C=O) groups excluding carboxylic acids is 1. The molecule has 5 nitrogen and oxygen atoms in total. The van der Waals surface area contributed by atoms with Gasteiger partial charge in [-0.1, -0.05) is 0 Å². The predicted molar refractivity (Wildman–Crippen MR) is 82.0 cm³/mol. The molecule has 0 aliphatic rings. The van der Waals surface area contributed by atoms with E-state index in [2.05, 4.69) is 0 Å². The van der Waals surface area contributed by atoms with Gasteiger partial charge in [-0.25, -0.2) is 0 Å². The van der Waals surface area contributed by atoms with E-state index in [1.165, 1.54) is 31.4 Å². The standard InChI is InChI=1S/C17H18O5/c1-10(2)22-12-5-7-14(16(19)9-12)17(20)13-6-4-11(21-3)8-15(13)18/h4-10,18-19H,1-3H3. The molecule has 0 aliphatic heterocycles. The SMILES string of the molecule is COc1ccc(C(=O)c2ccc(OC(C)C)cc2O)c(O)c1. The molecule has 0 atom stereocenters. The van der Waals surface area contributed by atoms with E-state index < -0.39 is 5.78 Å². The summed E-state index contributed by atoms with van der Waals surface area (Å²) in [5, 5.41) is 19.9. The molecule has 0 amide bonds. The van der Waals surface area contributed by atoms with Crippen LogP contribution >= 0.6 is 0 Å². The summed E-state index contributed by atoms with van der Waals surface area (Å²) in [5.74, 6) is 0.0420. The smallest absolute Gasteiger partial charge is 0.200 e. The Kier molecular flexibility index (Phi) is 4.56. The van der Waals surface area contributed by atoms with Crippen LogP contribution in [-0.2, 0) is 0 Å². The highest BCUT2D eigenvalue weighted by Crippen LogP contribution is 2.30. The molecule has 0 saturated heterocycles. The van der Waals surface area contributed by atoms with Crippen molar-refractivity contribution in [1.29, 1.82) is 0 Å². The number of methoxy groups -OCH3 is 1. The van der Waals surface area contributed by atoms with Crippen LogP contribution in [0.5, 0.6) is 23.0 Å². The monoisotopic (exact) mass is 302 g/mol. The second kappa shape index (κ2) is 6.39. The number of benzene rings is 2. The summed E-state index contributed by atoms with van der Waals surface area (Å²) in [6.45, 7) is 3.73. The Hall–Kier alpha value is -2.69. The number of rotatable bonds is 5. The van der Waals surface area contributed by atoms with Crippen LogP contribution in [-0.4, -0.2) is 29.2 Å². The van der Waals surface area contributed by atoms with Crippen molar-refractivity contribution in [1.82, 2.24) is 0 Å². The van der Waals surface area contributed by atoms with Gasteiger partial charge in [0.1, 0.15) is 23.0 Å². The maximum Gasteiger partial charge on any atom is 0.200 e. The lowest BCUT2D eigenvalue weighted by Crippen LogP contribution is -2.06. The predicted octanol–water partition coefficient (Wildman–Crippen LogP) is 3.12. The minimum atomic E-state index is -0.478. The Morgan fingerprint density at radius 1 is 0.955 bits per heavy atom. The molecule has 0 aliphatic carbocycles. The van der Waals surface area contributed by atoms with Gasteiger partial charge in [-0.15, -0.1) is 0 Å². The Balaban J connectivity index is 2.33. The van der Waals surface area contributed by atoms with Crippen molar-refractivity contribution in [2.75, 3.05) is 7.11 Å². The minimum Gasteiger partial charge on any atom is -0.507 e. The molecular formula is C17H18O5. The van der Waals surface area contributed by atoms with Crippen molar-refractivity contribution >= 4 is 5.78 Å². The van der Waals surface area contributed by atoms with Gasteiger partial charge in [0.15, 0.2) is 5.78 Å². The van der Waals surface area contributed by atoms with E-state index in [1.807, 2.05) is 13.8 Å². The molecule has 0 radical (unpaired) electrons. The first-order chi connectivity index (χ1) is 10.4. The van der Waals surface area contributed by atoms with Crippen molar-refractivity contribution in [2.24, 2.45) is 0 Å². The maximum absolute atomic E-state index is 12.4. The van der Waals surface area contributed by atoms with Gasteiger partial charge in [-0.2, -0.15) is 0 Å². The Morgan fingerprint density at radius 3 is 1.91 bits per heavy atom. The molecule has 116 valence electrons. The average Bonchev–Trinajstić information content (AvgIpc) is 2.46. The van der Waals surface area contributed by atoms with E-state index in [1.54, 1.807) is 12.1 Å². The van der Waals surface area contributed by atoms with Crippen LogP contribution in [0, 0.1) is 0 Å². The fourth-order valence-corrected chi connectivity index (χ4v) is 2.02. The quantitative estimate of drug-likeness (QED) is 0.830. The topological polar surface area (TPSA) is 76.0 Å². The van der Waals surface area contributed by atoms with E-state index >= 15 is 0 Å². The second-order valence-corrected chi connectivity index (χ2v) is 5.06. The van der Waals surface area contributed by atoms with Gasteiger partial charge in [0.2, 0.25) is 0 Å². The molecule has 22 heavy (non-hydrogen) atoms. The Bertz CT molecular complexity index is 691. The number of phenolic OH excluding ortho intramolecular Hbond substituents is 2. The summed E-state index contributed by atoms with van der Waals surface area (Å²) in [7, 11) is 1.47. The van der Waals surface area contributed by atoms with Gasteiger partial charge in [0.05, 0.1) is 24.3 Å². The van der Waals surface area contributed by atoms with Crippen molar-refractivity contribution in [3.8, 4) is 23.0 Å². The number of ketones is 1. The zero-order chi connectivity index (χ0) is 16.3. The summed E-state index contributed by atoms with van der Waals surface area (Å²) >= 11 is 0. The number of hydrogen-bond acceptors (Lipinski definition) is 5. The third kappa shape index (κ3) is 3.31. The third-order valence-corrected chi connectivity index (χ3v) is 3.04. The van der Waals surface area contributed by atoms with Gasteiger partial charge in [-0.3, -0.25) is 4.79 Å². The van der Waals surface area contributed by atoms with Crippen LogP contribution in [0.3, 0.4) is 0 Å². The third-order valence-electron chi connectivity index (χ3n) is 3.04. The first-order valence-corrected chi connectivity index (χ1v) is 6.83. The van der Waals surface area contributed by atoms with Crippen LogP contribution in [0.25, 0.3) is 0 Å². The summed E-state index contributed by atoms with van der Waals surface area (Å²) in [6.07, 6.45) is -0.0356. The highest BCUT2D eigenvalue weighted by Gasteiger charge is 2.18. The lowest BCUT2D eigenvalue weighted by molar-refractivity contribution is 0.103. The summed E-state index contributed by atoms with van der Waals surface area (Å²) in [5.41, 5.74) is 0.185. The molecule has 2 N–H and O–H groups in total. The lowest BCUT2D eigenvalue weighted by atomic mass is 10.0. The molecule has 2 aromatic rings. The van der Waals surface area contributed by atoms with Gasteiger partial charge < -0.3 is 19.7 Å². The van der Waals surface area contributed by atoms with E-state index in [4.69, 9.17) is 9.47 Å². The molecule has 0 fully saturated rings. The fourth-order valence-electron chi connectivity index (χ4n) is 2.02. The molecule has 0 bridgehead atoms. The van der Waals surface area contributed by atoms with Crippen LogP contribution in [0.2, 0.25) is 0 Å². The molecule has 0 spiro atoms. The minimum absolute atomic E-state index is 0.0356. The highest BCUT2D eigenvalue weighted by atomic mass is 16.5. The molecule has 2 rings (SSSR count). The number of phenols is 2. The molecule has 0 saturated carbocycles. The molecular weight excluding hydrogens is 284 g/mol. The van der Waals surface area contributed by atoms with Crippen molar-refractivity contribution < 1.29 is 24.5 Å². The largest absolute Gasteiger partial charge is 0.507 e. The van der Waals surface area contributed by atoms with Crippen molar-refractivity contribution in [2.45, 2.75) is 20.0 Å².